The fourth-order valence-electron chi connectivity index (χ4n) is 3.45. The number of benzene rings is 1. The van der Waals surface area contributed by atoms with E-state index in [9.17, 15) is 18.0 Å². The van der Waals surface area contributed by atoms with Crippen molar-refractivity contribution in [3.63, 3.8) is 0 Å². The van der Waals surface area contributed by atoms with Crippen LogP contribution in [0.3, 0.4) is 0 Å². The first-order chi connectivity index (χ1) is 15.8. The number of thioether (sulfide) groups is 1. The Morgan fingerprint density at radius 2 is 1.33 bits per heavy atom. The lowest BCUT2D eigenvalue weighted by Crippen LogP contribution is -2.11. The first kappa shape index (κ1) is 29.5. The highest BCUT2D eigenvalue weighted by Crippen LogP contribution is 2.28. The smallest absolute Gasteiger partial charge is 0.303 e. The minimum Gasteiger partial charge on any atom is -0.481 e. The van der Waals surface area contributed by atoms with E-state index in [1.165, 1.54) is 25.7 Å². The van der Waals surface area contributed by atoms with Gasteiger partial charge in [0.05, 0.1) is 11.4 Å². The molecule has 0 aromatic heterocycles. The average Bonchev–Trinajstić information content (AvgIpc) is 2.74. The van der Waals surface area contributed by atoms with Gasteiger partial charge in [-0.05, 0) is 43.6 Å². The van der Waals surface area contributed by atoms with Crippen molar-refractivity contribution in [2.24, 2.45) is 0 Å². The predicted octanol–water partition coefficient (Wildman–Crippen LogP) is 6.15. The highest BCUT2D eigenvalue weighted by molar-refractivity contribution is 7.99. The number of nitrogens with one attached hydrogen (secondary N) is 1. The van der Waals surface area contributed by atoms with Gasteiger partial charge < -0.3 is 10.4 Å². The minimum absolute atomic E-state index is 0.00999. The molecular weight excluding hydrogens is 462 g/mol. The van der Waals surface area contributed by atoms with E-state index in [4.69, 9.17) is 9.66 Å². The summed E-state index contributed by atoms with van der Waals surface area (Å²) in [6, 6.07) is 7.60. The third-order valence-electron chi connectivity index (χ3n) is 5.26. The standard InChI is InChI=1S/C24H39NO6S2/c26-23(17-9-7-5-3-1-2-4-6-8-10-18-24(27)28)25-21-15-11-12-16-22(21)32-19-13-14-20-33(29,30)31/h11-12,15-16H,1-10,13-14,17-20H2,(H,25,26)(H,27,28)(H,29,30,31). The molecular formula is C24H39NO6S2. The van der Waals surface area contributed by atoms with Crippen LogP contribution in [0.25, 0.3) is 0 Å². The van der Waals surface area contributed by atoms with Crippen LogP contribution in [0.15, 0.2) is 29.2 Å². The molecule has 188 valence electrons. The number of unbranched alkanes of at least 4 members (excludes halogenated alkanes) is 10. The number of para-hydroxylation sites is 1. The number of aliphatic carboxylic acids is 1. The second kappa shape index (κ2) is 17.8. The van der Waals surface area contributed by atoms with Gasteiger partial charge in [0, 0.05) is 17.7 Å². The Morgan fingerprint density at radius 3 is 1.91 bits per heavy atom. The predicted molar refractivity (Wildman–Crippen MR) is 134 cm³/mol. The average molecular weight is 502 g/mol. The number of anilines is 1. The zero-order chi connectivity index (χ0) is 24.4. The highest BCUT2D eigenvalue weighted by Gasteiger charge is 2.08. The Labute approximate surface area is 202 Å². The Morgan fingerprint density at radius 1 is 0.788 bits per heavy atom. The van der Waals surface area contributed by atoms with E-state index >= 15 is 0 Å². The summed E-state index contributed by atoms with van der Waals surface area (Å²) in [5.41, 5.74) is 0.783. The summed E-state index contributed by atoms with van der Waals surface area (Å²) in [5, 5.41) is 11.6. The highest BCUT2D eigenvalue weighted by atomic mass is 32.2. The lowest BCUT2D eigenvalue weighted by molar-refractivity contribution is -0.137. The van der Waals surface area contributed by atoms with Crippen molar-refractivity contribution in [2.75, 3.05) is 16.8 Å². The van der Waals surface area contributed by atoms with Crippen LogP contribution in [0.4, 0.5) is 5.69 Å². The van der Waals surface area contributed by atoms with Crippen LogP contribution in [-0.2, 0) is 19.7 Å². The third kappa shape index (κ3) is 17.5. The van der Waals surface area contributed by atoms with Gasteiger partial charge in [-0.2, -0.15) is 8.42 Å². The Hall–Kier alpha value is -1.58. The number of carboxylic acids is 1. The van der Waals surface area contributed by atoms with Crippen molar-refractivity contribution in [1.29, 1.82) is 0 Å². The molecule has 33 heavy (non-hydrogen) atoms. The van der Waals surface area contributed by atoms with Crippen LogP contribution in [0, 0.1) is 0 Å². The number of rotatable bonds is 20. The third-order valence-corrected chi connectivity index (χ3v) is 7.22. The molecule has 0 bridgehead atoms. The van der Waals surface area contributed by atoms with Gasteiger partial charge in [-0.1, -0.05) is 63.5 Å². The lowest BCUT2D eigenvalue weighted by atomic mass is 10.1. The maximum atomic E-state index is 12.3. The molecule has 9 heteroatoms. The van der Waals surface area contributed by atoms with Gasteiger partial charge in [-0.3, -0.25) is 14.1 Å². The fourth-order valence-corrected chi connectivity index (χ4v) is 5.04. The van der Waals surface area contributed by atoms with Crippen molar-refractivity contribution >= 4 is 39.4 Å². The SMILES string of the molecule is O=C(O)CCCCCCCCCCCCC(=O)Nc1ccccc1SCCCCS(=O)(=O)O. The largest absolute Gasteiger partial charge is 0.481 e. The van der Waals surface area contributed by atoms with Crippen LogP contribution in [-0.4, -0.2) is 41.5 Å². The van der Waals surface area contributed by atoms with E-state index in [0.717, 1.165) is 49.1 Å². The van der Waals surface area contributed by atoms with Crippen molar-refractivity contribution in [3.05, 3.63) is 24.3 Å². The molecule has 0 spiro atoms. The normalized spacial score (nSPS) is 11.4. The van der Waals surface area contributed by atoms with Gasteiger partial charge in [0.2, 0.25) is 5.91 Å². The molecule has 1 aromatic rings. The van der Waals surface area contributed by atoms with Crippen LogP contribution < -0.4 is 5.32 Å². The summed E-state index contributed by atoms with van der Waals surface area (Å²) >= 11 is 1.57. The van der Waals surface area contributed by atoms with E-state index in [-0.39, 0.29) is 18.1 Å². The molecule has 0 atom stereocenters. The van der Waals surface area contributed by atoms with E-state index < -0.39 is 16.1 Å². The molecule has 3 N–H and O–H groups in total. The molecule has 0 heterocycles. The van der Waals surface area contributed by atoms with E-state index in [1.54, 1.807) is 11.8 Å². The molecule has 0 unspecified atom stereocenters. The second-order valence-corrected chi connectivity index (χ2v) is 11.0. The summed E-state index contributed by atoms with van der Waals surface area (Å²) in [6.45, 7) is 0. The van der Waals surface area contributed by atoms with Crippen molar-refractivity contribution in [2.45, 2.75) is 94.8 Å². The zero-order valence-corrected chi connectivity index (χ0v) is 21.1. The summed E-state index contributed by atoms with van der Waals surface area (Å²) in [6.07, 6.45) is 12.5. The second-order valence-electron chi connectivity index (χ2n) is 8.32. The van der Waals surface area contributed by atoms with Crippen LogP contribution in [0.1, 0.15) is 89.9 Å². The molecule has 7 nitrogen and oxygen atoms in total. The maximum Gasteiger partial charge on any atom is 0.303 e. The number of carboxylic acid groups (broad SMARTS) is 1. The number of carbonyl (C=O) groups is 2. The van der Waals surface area contributed by atoms with Crippen LogP contribution in [0.5, 0.6) is 0 Å². The molecule has 0 fully saturated rings. The molecule has 0 aliphatic heterocycles. The summed E-state index contributed by atoms with van der Waals surface area (Å²) < 4.78 is 30.3. The van der Waals surface area contributed by atoms with Crippen LogP contribution in [0.2, 0.25) is 0 Å². The monoisotopic (exact) mass is 501 g/mol. The quantitative estimate of drug-likeness (QED) is 0.111. The summed E-state index contributed by atoms with van der Waals surface area (Å²) in [4.78, 5) is 23.7. The molecule has 0 saturated carbocycles. The molecule has 0 aliphatic carbocycles. The molecule has 0 aliphatic rings. The summed E-state index contributed by atoms with van der Waals surface area (Å²) in [5.74, 6) is -0.209. The Balaban J connectivity index is 2.10. The van der Waals surface area contributed by atoms with Gasteiger partial charge >= 0.3 is 5.97 Å². The van der Waals surface area contributed by atoms with E-state index in [0.29, 0.717) is 25.0 Å². The Bertz CT molecular complexity index is 798. The molecule has 0 radical (unpaired) electrons. The summed E-state index contributed by atoms with van der Waals surface area (Å²) in [7, 11) is -3.90. The molecule has 1 aromatic carbocycles. The number of hydrogen-bond acceptors (Lipinski definition) is 5. The van der Waals surface area contributed by atoms with E-state index in [2.05, 4.69) is 5.32 Å². The fraction of sp³-hybridized carbons (Fsp3) is 0.667. The number of amides is 1. The van der Waals surface area contributed by atoms with Crippen LogP contribution >= 0.6 is 11.8 Å². The van der Waals surface area contributed by atoms with Gasteiger partial charge in [0.25, 0.3) is 10.1 Å². The van der Waals surface area contributed by atoms with E-state index in [1.807, 2.05) is 24.3 Å². The van der Waals surface area contributed by atoms with Crippen molar-refractivity contribution in [1.82, 2.24) is 0 Å². The first-order valence-electron chi connectivity index (χ1n) is 12.0. The first-order valence-corrected chi connectivity index (χ1v) is 14.6. The minimum atomic E-state index is -3.90. The molecule has 1 rings (SSSR count). The zero-order valence-electron chi connectivity index (χ0n) is 19.5. The van der Waals surface area contributed by atoms with Gasteiger partial charge in [-0.25, -0.2) is 0 Å². The number of hydrogen-bond donors (Lipinski definition) is 3. The van der Waals surface area contributed by atoms with Gasteiger partial charge in [0.15, 0.2) is 0 Å². The number of carbonyl (C=O) groups excluding carboxylic acids is 1. The molecule has 1 amide bonds. The van der Waals surface area contributed by atoms with Crippen molar-refractivity contribution < 1.29 is 27.7 Å². The maximum absolute atomic E-state index is 12.3. The van der Waals surface area contributed by atoms with Gasteiger partial charge in [0.1, 0.15) is 0 Å². The van der Waals surface area contributed by atoms with Gasteiger partial charge in [-0.15, -0.1) is 11.8 Å². The topological polar surface area (TPSA) is 121 Å². The lowest BCUT2D eigenvalue weighted by Gasteiger charge is -2.11. The Kier molecular flexibility index (Phi) is 15.9. The molecule has 0 saturated heterocycles. The van der Waals surface area contributed by atoms with Crippen molar-refractivity contribution in [3.8, 4) is 0 Å².